The molecule has 1 aromatic carbocycles. The van der Waals surface area contributed by atoms with Gasteiger partial charge in [0.25, 0.3) is 5.92 Å². The van der Waals surface area contributed by atoms with Gasteiger partial charge in [0.1, 0.15) is 5.03 Å². The molecule has 1 atom stereocenters. The molecule has 2 N–H and O–H groups in total. The summed E-state index contributed by atoms with van der Waals surface area (Å²) in [6.07, 6.45) is 0.0976. The number of hydrogen-bond acceptors (Lipinski definition) is 4. The number of aromatic carboxylic acids is 1. The molecule has 1 aliphatic carbocycles. The van der Waals surface area contributed by atoms with E-state index in [-0.39, 0.29) is 18.5 Å². The van der Waals surface area contributed by atoms with Crippen LogP contribution in [0.2, 0.25) is 0 Å². The van der Waals surface area contributed by atoms with E-state index in [9.17, 15) is 13.6 Å². The first kappa shape index (κ1) is 15.5. The fraction of sp³-hybridized carbons (Fsp3) is 0.267. The lowest BCUT2D eigenvalue weighted by atomic mass is 10.2. The standard InChI is InChI=1S/C15H11F2N3O2S/c16-15(17)8-10(15)5-1-3-9-4-2-6-11(7-9)23-13-12(14(21)22)18-20-19-13/h2,4,6-7,10H,5,8H2,(H,21,22)(H,18,19,20). The number of carboxylic acids is 1. The molecule has 1 saturated carbocycles. The molecule has 0 amide bonds. The van der Waals surface area contributed by atoms with E-state index in [0.717, 1.165) is 4.90 Å². The first-order chi connectivity index (χ1) is 11.0. The van der Waals surface area contributed by atoms with E-state index in [1.807, 2.05) is 0 Å². The van der Waals surface area contributed by atoms with Crippen LogP contribution in [-0.2, 0) is 0 Å². The van der Waals surface area contributed by atoms with Gasteiger partial charge in [-0.3, -0.25) is 5.10 Å². The molecule has 8 heteroatoms. The van der Waals surface area contributed by atoms with Crippen LogP contribution in [0.3, 0.4) is 0 Å². The molecule has 5 nitrogen and oxygen atoms in total. The van der Waals surface area contributed by atoms with Crippen molar-refractivity contribution in [3.63, 3.8) is 0 Å². The van der Waals surface area contributed by atoms with Crippen molar-refractivity contribution in [2.24, 2.45) is 5.92 Å². The fourth-order valence-corrected chi connectivity index (χ4v) is 2.83. The summed E-state index contributed by atoms with van der Waals surface area (Å²) in [4.78, 5) is 11.7. The molecule has 2 aromatic rings. The summed E-state index contributed by atoms with van der Waals surface area (Å²) in [6.45, 7) is 0. The van der Waals surface area contributed by atoms with Gasteiger partial charge in [-0.05, 0) is 18.2 Å². The number of aromatic amines is 1. The van der Waals surface area contributed by atoms with E-state index in [1.165, 1.54) is 11.8 Å². The molecule has 23 heavy (non-hydrogen) atoms. The van der Waals surface area contributed by atoms with Gasteiger partial charge in [-0.25, -0.2) is 13.6 Å². The molecule has 0 aliphatic heterocycles. The Morgan fingerprint density at radius 1 is 1.52 bits per heavy atom. The molecule has 3 rings (SSSR count). The Morgan fingerprint density at radius 3 is 3.00 bits per heavy atom. The number of nitrogens with zero attached hydrogens (tertiary/aromatic N) is 2. The minimum absolute atomic E-state index is 0.0810. The predicted molar refractivity (Wildman–Crippen MR) is 78.5 cm³/mol. The zero-order chi connectivity index (χ0) is 16.4. The van der Waals surface area contributed by atoms with Crippen LogP contribution in [0.5, 0.6) is 0 Å². The molecule has 0 radical (unpaired) electrons. The maximum Gasteiger partial charge on any atom is 0.359 e. The molecular weight excluding hydrogens is 324 g/mol. The smallest absolute Gasteiger partial charge is 0.359 e. The van der Waals surface area contributed by atoms with Gasteiger partial charge < -0.3 is 5.11 Å². The number of carbonyl (C=O) groups is 1. The van der Waals surface area contributed by atoms with E-state index in [1.54, 1.807) is 24.3 Å². The third-order valence-corrected chi connectivity index (χ3v) is 4.29. The molecular formula is C15H11F2N3O2S. The van der Waals surface area contributed by atoms with Crippen LogP contribution >= 0.6 is 11.8 Å². The maximum atomic E-state index is 12.8. The number of nitrogens with one attached hydrogen (secondary N) is 1. The Labute approximate surface area is 134 Å². The molecule has 118 valence electrons. The van der Waals surface area contributed by atoms with Crippen molar-refractivity contribution in [2.75, 3.05) is 0 Å². The van der Waals surface area contributed by atoms with Crippen LogP contribution in [0.15, 0.2) is 34.2 Å². The molecule has 1 heterocycles. The topological polar surface area (TPSA) is 78.9 Å². The van der Waals surface area contributed by atoms with Crippen molar-refractivity contribution in [2.45, 2.75) is 28.7 Å². The van der Waals surface area contributed by atoms with Gasteiger partial charge in [0.2, 0.25) is 5.69 Å². The summed E-state index contributed by atoms with van der Waals surface area (Å²) in [5, 5.41) is 18.8. The number of halogens is 2. The average Bonchev–Trinajstić information content (AvgIpc) is 2.89. The second-order valence-corrected chi connectivity index (χ2v) is 6.18. The summed E-state index contributed by atoms with van der Waals surface area (Å²) in [5.74, 6) is 1.29. The summed E-state index contributed by atoms with van der Waals surface area (Å²) in [5.41, 5.74) is 0.533. The summed E-state index contributed by atoms with van der Waals surface area (Å²) < 4.78 is 25.5. The van der Waals surface area contributed by atoms with Crippen LogP contribution in [0.4, 0.5) is 8.78 Å². The molecule has 0 bridgehead atoms. The van der Waals surface area contributed by atoms with E-state index in [0.29, 0.717) is 10.6 Å². The summed E-state index contributed by atoms with van der Waals surface area (Å²) in [7, 11) is 0. The number of rotatable bonds is 4. The van der Waals surface area contributed by atoms with Gasteiger partial charge in [-0.1, -0.05) is 34.9 Å². The largest absolute Gasteiger partial charge is 0.476 e. The highest BCUT2D eigenvalue weighted by atomic mass is 32.2. The third kappa shape index (κ3) is 3.68. The number of benzene rings is 1. The first-order valence-corrected chi connectivity index (χ1v) is 7.56. The highest BCUT2D eigenvalue weighted by molar-refractivity contribution is 7.99. The SMILES string of the molecule is O=C(O)c1nn[nH]c1Sc1cccc(C#CCC2CC2(F)F)c1. The van der Waals surface area contributed by atoms with Crippen molar-refractivity contribution >= 4 is 17.7 Å². The lowest BCUT2D eigenvalue weighted by Gasteiger charge is -2.00. The number of alkyl halides is 2. The first-order valence-electron chi connectivity index (χ1n) is 6.74. The molecule has 1 aromatic heterocycles. The van der Waals surface area contributed by atoms with E-state index in [4.69, 9.17) is 5.11 Å². The molecule has 1 fully saturated rings. The molecule has 0 saturated heterocycles. The molecule has 1 aliphatic rings. The Kier molecular flexibility index (Phi) is 4.05. The van der Waals surface area contributed by atoms with Crippen molar-refractivity contribution in [3.05, 3.63) is 35.5 Å². The third-order valence-electron chi connectivity index (χ3n) is 3.31. The van der Waals surface area contributed by atoms with Crippen LogP contribution in [0.25, 0.3) is 0 Å². The summed E-state index contributed by atoms with van der Waals surface area (Å²) >= 11 is 1.17. The Balaban J connectivity index is 1.69. The van der Waals surface area contributed by atoms with E-state index < -0.39 is 17.8 Å². The van der Waals surface area contributed by atoms with Gasteiger partial charge in [0.15, 0.2) is 0 Å². The normalized spacial score (nSPS) is 18.1. The van der Waals surface area contributed by atoms with Crippen molar-refractivity contribution in [1.82, 2.24) is 15.4 Å². The summed E-state index contributed by atoms with van der Waals surface area (Å²) in [6, 6.07) is 7.08. The lowest BCUT2D eigenvalue weighted by Crippen LogP contribution is -1.98. The van der Waals surface area contributed by atoms with Gasteiger partial charge >= 0.3 is 5.97 Å². The van der Waals surface area contributed by atoms with Crippen LogP contribution in [-0.4, -0.2) is 32.4 Å². The zero-order valence-electron chi connectivity index (χ0n) is 11.7. The van der Waals surface area contributed by atoms with Gasteiger partial charge in [-0.2, -0.15) is 0 Å². The number of carboxylic acid groups (broad SMARTS) is 1. The minimum atomic E-state index is -2.55. The zero-order valence-corrected chi connectivity index (χ0v) is 12.5. The predicted octanol–water partition coefficient (Wildman–Crippen LogP) is 3.05. The number of hydrogen-bond donors (Lipinski definition) is 2. The Morgan fingerprint density at radius 2 is 2.30 bits per heavy atom. The van der Waals surface area contributed by atoms with Gasteiger partial charge in [0.05, 0.1) is 0 Å². The Hall–Kier alpha value is -2.40. The fourth-order valence-electron chi connectivity index (χ4n) is 1.95. The highest BCUT2D eigenvalue weighted by Gasteiger charge is 2.55. The number of H-pyrrole nitrogens is 1. The van der Waals surface area contributed by atoms with Crippen molar-refractivity contribution < 1.29 is 18.7 Å². The van der Waals surface area contributed by atoms with E-state index >= 15 is 0 Å². The highest BCUT2D eigenvalue weighted by Crippen LogP contribution is 2.50. The number of aromatic nitrogens is 3. The van der Waals surface area contributed by atoms with Crippen LogP contribution in [0.1, 0.15) is 28.9 Å². The minimum Gasteiger partial charge on any atom is -0.476 e. The Bertz CT molecular complexity index is 810. The maximum absolute atomic E-state index is 12.8. The average molecular weight is 335 g/mol. The van der Waals surface area contributed by atoms with Crippen LogP contribution < -0.4 is 0 Å². The lowest BCUT2D eigenvalue weighted by molar-refractivity contribution is 0.0686. The monoisotopic (exact) mass is 335 g/mol. The van der Waals surface area contributed by atoms with Crippen molar-refractivity contribution in [1.29, 1.82) is 0 Å². The quantitative estimate of drug-likeness (QED) is 0.840. The van der Waals surface area contributed by atoms with Crippen LogP contribution in [0, 0.1) is 17.8 Å². The van der Waals surface area contributed by atoms with Gasteiger partial charge in [-0.15, -0.1) is 5.10 Å². The van der Waals surface area contributed by atoms with E-state index in [2.05, 4.69) is 27.3 Å². The second-order valence-electron chi connectivity index (χ2n) is 5.09. The van der Waals surface area contributed by atoms with Crippen molar-refractivity contribution in [3.8, 4) is 11.8 Å². The molecule has 1 unspecified atom stereocenters. The van der Waals surface area contributed by atoms with Gasteiger partial charge in [0, 0.05) is 29.2 Å². The molecule has 0 spiro atoms. The second kappa shape index (κ2) is 6.01.